The molecule has 0 aromatic heterocycles. The second kappa shape index (κ2) is 4.65. The van der Waals surface area contributed by atoms with Crippen LogP contribution in [-0.2, 0) is 19.6 Å². The zero-order valence-electron chi connectivity index (χ0n) is 7.92. The lowest BCUT2D eigenvalue weighted by molar-refractivity contribution is -0.116. The van der Waals surface area contributed by atoms with Crippen LogP contribution in [0.25, 0.3) is 0 Å². The van der Waals surface area contributed by atoms with Crippen molar-refractivity contribution in [2.75, 3.05) is 5.75 Å². The SMILES string of the molecule is CCS(=O)(=O)/N=C/[C@H]1CC[C@@H](C=O)O1. The first-order valence-electron chi connectivity index (χ1n) is 4.46. The molecule has 6 heteroatoms. The van der Waals surface area contributed by atoms with Crippen LogP contribution in [-0.4, -0.2) is 38.9 Å². The summed E-state index contributed by atoms with van der Waals surface area (Å²) in [7, 11) is -3.33. The quantitative estimate of drug-likeness (QED) is 0.498. The maximum atomic E-state index is 11.0. The zero-order chi connectivity index (χ0) is 10.6. The molecule has 14 heavy (non-hydrogen) atoms. The predicted molar refractivity (Wildman–Crippen MR) is 51.9 cm³/mol. The third-order valence-corrected chi connectivity index (χ3v) is 3.16. The van der Waals surface area contributed by atoms with Crippen LogP contribution < -0.4 is 0 Å². The Kier molecular flexibility index (Phi) is 3.77. The highest BCUT2D eigenvalue weighted by Gasteiger charge is 2.23. The number of sulfonamides is 1. The van der Waals surface area contributed by atoms with E-state index >= 15 is 0 Å². The Hall–Kier alpha value is -0.750. The molecule has 1 aliphatic rings. The first-order valence-corrected chi connectivity index (χ1v) is 6.07. The van der Waals surface area contributed by atoms with Gasteiger partial charge in [0.05, 0.1) is 11.9 Å². The molecule has 1 saturated heterocycles. The largest absolute Gasteiger partial charge is 0.362 e. The van der Waals surface area contributed by atoms with E-state index < -0.39 is 16.1 Å². The summed E-state index contributed by atoms with van der Waals surface area (Å²) >= 11 is 0. The monoisotopic (exact) mass is 219 g/mol. The molecule has 0 saturated carbocycles. The molecule has 0 spiro atoms. The third kappa shape index (κ3) is 3.19. The van der Waals surface area contributed by atoms with Crippen molar-refractivity contribution in [3.8, 4) is 0 Å². The number of carbonyl (C=O) groups is 1. The van der Waals surface area contributed by atoms with Gasteiger partial charge in [-0.1, -0.05) is 0 Å². The lowest BCUT2D eigenvalue weighted by Gasteiger charge is -2.03. The molecule has 0 radical (unpaired) electrons. The van der Waals surface area contributed by atoms with Crippen molar-refractivity contribution in [3.63, 3.8) is 0 Å². The minimum Gasteiger partial charge on any atom is -0.362 e. The molecule has 0 unspecified atom stereocenters. The Bertz CT molecular complexity index is 322. The highest BCUT2D eigenvalue weighted by atomic mass is 32.2. The molecule has 5 nitrogen and oxygen atoms in total. The maximum absolute atomic E-state index is 11.0. The molecule has 1 heterocycles. The second-order valence-electron chi connectivity index (χ2n) is 3.05. The summed E-state index contributed by atoms with van der Waals surface area (Å²) in [4.78, 5) is 10.3. The number of hydrogen-bond donors (Lipinski definition) is 0. The molecule has 0 bridgehead atoms. The van der Waals surface area contributed by atoms with Gasteiger partial charge < -0.3 is 9.53 Å². The van der Waals surface area contributed by atoms with Crippen molar-refractivity contribution >= 4 is 22.5 Å². The van der Waals surface area contributed by atoms with E-state index in [1.807, 2.05) is 0 Å². The standard InChI is InChI=1S/C8H13NO4S/c1-2-14(11,12)9-5-7-3-4-8(6-10)13-7/h5-8H,2-4H2,1H3/b9-5+/t7-,8+/m1/s1. The molecule has 1 aliphatic heterocycles. The van der Waals surface area contributed by atoms with E-state index in [0.29, 0.717) is 12.8 Å². The molecule has 0 aliphatic carbocycles. The summed E-state index contributed by atoms with van der Waals surface area (Å²) in [5, 5.41) is 0. The fraction of sp³-hybridized carbons (Fsp3) is 0.750. The van der Waals surface area contributed by atoms with Crippen molar-refractivity contribution in [1.29, 1.82) is 0 Å². The minimum atomic E-state index is -3.33. The van der Waals surface area contributed by atoms with Crippen LogP contribution in [0.15, 0.2) is 4.40 Å². The van der Waals surface area contributed by atoms with E-state index in [1.165, 1.54) is 13.1 Å². The van der Waals surface area contributed by atoms with Gasteiger partial charge in [-0.25, -0.2) is 8.42 Å². The topological polar surface area (TPSA) is 72.8 Å². The van der Waals surface area contributed by atoms with Gasteiger partial charge in [-0.2, -0.15) is 4.40 Å². The summed E-state index contributed by atoms with van der Waals surface area (Å²) in [5.74, 6) is -0.0205. The van der Waals surface area contributed by atoms with Crippen molar-refractivity contribution in [3.05, 3.63) is 0 Å². The zero-order valence-corrected chi connectivity index (χ0v) is 8.74. The Morgan fingerprint density at radius 2 is 2.07 bits per heavy atom. The lowest BCUT2D eigenvalue weighted by Crippen LogP contribution is -2.14. The average Bonchev–Trinajstić information content (AvgIpc) is 2.63. The number of rotatable bonds is 4. The van der Waals surface area contributed by atoms with Crippen molar-refractivity contribution in [2.24, 2.45) is 4.40 Å². The fourth-order valence-electron chi connectivity index (χ4n) is 1.13. The molecule has 1 rings (SSSR count). The van der Waals surface area contributed by atoms with Crippen molar-refractivity contribution in [2.45, 2.75) is 32.0 Å². The molecule has 1 fully saturated rings. The first kappa shape index (κ1) is 11.3. The van der Waals surface area contributed by atoms with E-state index in [1.54, 1.807) is 0 Å². The van der Waals surface area contributed by atoms with Crippen molar-refractivity contribution in [1.82, 2.24) is 0 Å². The summed E-state index contributed by atoms with van der Waals surface area (Å²) < 4.78 is 30.6. The van der Waals surface area contributed by atoms with E-state index in [4.69, 9.17) is 4.74 Å². The van der Waals surface area contributed by atoms with Crippen LogP contribution in [0.2, 0.25) is 0 Å². The van der Waals surface area contributed by atoms with E-state index in [9.17, 15) is 13.2 Å². The van der Waals surface area contributed by atoms with E-state index in [2.05, 4.69) is 4.40 Å². The van der Waals surface area contributed by atoms with Gasteiger partial charge in [0.1, 0.15) is 12.4 Å². The van der Waals surface area contributed by atoms with Gasteiger partial charge in [0, 0.05) is 6.21 Å². The average molecular weight is 219 g/mol. The summed E-state index contributed by atoms with van der Waals surface area (Å²) in [5.41, 5.74) is 0. The minimum absolute atomic E-state index is 0.0205. The summed E-state index contributed by atoms with van der Waals surface area (Å²) in [6.07, 6.45) is 2.52. The van der Waals surface area contributed by atoms with Crippen LogP contribution in [0.3, 0.4) is 0 Å². The molecule has 0 amide bonds. The van der Waals surface area contributed by atoms with Gasteiger partial charge in [0.2, 0.25) is 0 Å². The molecule has 0 aromatic carbocycles. The Morgan fingerprint density at radius 3 is 2.57 bits per heavy atom. The molecular formula is C8H13NO4S. The van der Waals surface area contributed by atoms with Gasteiger partial charge in [0.25, 0.3) is 10.0 Å². The van der Waals surface area contributed by atoms with Crippen LogP contribution in [0.1, 0.15) is 19.8 Å². The van der Waals surface area contributed by atoms with Gasteiger partial charge in [-0.3, -0.25) is 0 Å². The normalized spacial score (nSPS) is 28.4. The van der Waals surface area contributed by atoms with Gasteiger partial charge in [-0.05, 0) is 19.8 Å². The Morgan fingerprint density at radius 1 is 1.43 bits per heavy atom. The first-order chi connectivity index (χ1) is 6.57. The van der Waals surface area contributed by atoms with Crippen LogP contribution in [0, 0.1) is 0 Å². The summed E-state index contributed by atoms with van der Waals surface area (Å²) in [6.45, 7) is 1.52. The maximum Gasteiger partial charge on any atom is 0.252 e. The van der Waals surface area contributed by atoms with E-state index in [0.717, 1.165) is 6.29 Å². The second-order valence-corrected chi connectivity index (χ2v) is 5.00. The Labute approximate surface area is 83.2 Å². The van der Waals surface area contributed by atoms with Crippen LogP contribution >= 0.6 is 0 Å². The highest BCUT2D eigenvalue weighted by Crippen LogP contribution is 2.16. The van der Waals surface area contributed by atoms with Crippen LogP contribution in [0.4, 0.5) is 0 Å². The molecule has 0 N–H and O–H groups in total. The van der Waals surface area contributed by atoms with Gasteiger partial charge >= 0.3 is 0 Å². The van der Waals surface area contributed by atoms with Crippen LogP contribution in [0.5, 0.6) is 0 Å². The smallest absolute Gasteiger partial charge is 0.252 e. The van der Waals surface area contributed by atoms with Crippen molar-refractivity contribution < 1.29 is 17.9 Å². The number of carbonyl (C=O) groups excluding carboxylic acids is 1. The molecule has 2 atom stereocenters. The number of ether oxygens (including phenoxy) is 1. The Balaban J connectivity index is 2.51. The summed E-state index contributed by atoms with van der Waals surface area (Å²) in [6, 6.07) is 0. The fourth-order valence-corrected chi connectivity index (χ4v) is 1.60. The molecular weight excluding hydrogens is 206 g/mol. The van der Waals surface area contributed by atoms with Gasteiger partial charge in [-0.15, -0.1) is 0 Å². The highest BCUT2D eigenvalue weighted by molar-refractivity contribution is 7.90. The van der Waals surface area contributed by atoms with Gasteiger partial charge in [0.15, 0.2) is 0 Å². The predicted octanol–water partition coefficient (Wildman–Crippen LogP) is 0.153. The lowest BCUT2D eigenvalue weighted by atomic mass is 10.2. The molecule has 0 aromatic rings. The molecule has 80 valence electrons. The number of aldehydes is 1. The number of hydrogen-bond acceptors (Lipinski definition) is 4. The third-order valence-electron chi connectivity index (χ3n) is 1.99. The van der Waals surface area contributed by atoms with E-state index in [-0.39, 0.29) is 11.9 Å². The number of nitrogens with zero attached hydrogens (tertiary/aromatic N) is 1.